The standard InChI is InChI=1S/C10H10Br2N2S/c11-6-1-4-9(8(12)5-6)14-10(15)13-7-2-3-7/h1,4-5,7H,2-3H2,(H2,13,14,15). The van der Waals surface area contributed by atoms with Crippen molar-refractivity contribution in [3.63, 3.8) is 0 Å². The van der Waals surface area contributed by atoms with Crippen molar-refractivity contribution in [2.75, 3.05) is 5.32 Å². The van der Waals surface area contributed by atoms with Gasteiger partial charge in [-0.1, -0.05) is 15.9 Å². The van der Waals surface area contributed by atoms with E-state index in [4.69, 9.17) is 12.2 Å². The Morgan fingerprint density at radius 1 is 1.33 bits per heavy atom. The molecule has 0 unspecified atom stereocenters. The molecule has 0 spiro atoms. The topological polar surface area (TPSA) is 24.1 Å². The molecule has 2 N–H and O–H groups in total. The molecular formula is C10H10Br2N2S. The van der Waals surface area contributed by atoms with Crippen molar-refractivity contribution in [1.29, 1.82) is 0 Å². The summed E-state index contributed by atoms with van der Waals surface area (Å²) in [7, 11) is 0. The average molecular weight is 350 g/mol. The van der Waals surface area contributed by atoms with Crippen LogP contribution in [0.25, 0.3) is 0 Å². The zero-order valence-electron chi connectivity index (χ0n) is 7.89. The molecule has 1 fully saturated rings. The zero-order valence-corrected chi connectivity index (χ0v) is 11.9. The maximum Gasteiger partial charge on any atom is 0.171 e. The summed E-state index contributed by atoms with van der Waals surface area (Å²) in [5.41, 5.74) is 0.983. The Morgan fingerprint density at radius 3 is 2.67 bits per heavy atom. The molecule has 1 aromatic carbocycles. The lowest BCUT2D eigenvalue weighted by Crippen LogP contribution is -2.30. The number of rotatable bonds is 2. The monoisotopic (exact) mass is 348 g/mol. The van der Waals surface area contributed by atoms with Gasteiger partial charge in [0.2, 0.25) is 0 Å². The van der Waals surface area contributed by atoms with Gasteiger partial charge >= 0.3 is 0 Å². The molecule has 0 saturated heterocycles. The van der Waals surface area contributed by atoms with Crippen LogP contribution in [0.1, 0.15) is 12.8 Å². The first-order chi connectivity index (χ1) is 7.15. The molecular weight excluding hydrogens is 340 g/mol. The number of thiocarbonyl (C=S) groups is 1. The van der Waals surface area contributed by atoms with Gasteiger partial charge in [-0.2, -0.15) is 0 Å². The van der Waals surface area contributed by atoms with Crippen molar-refractivity contribution in [3.05, 3.63) is 27.1 Å². The number of hydrogen-bond donors (Lipinski definition) is 2. The highest BCUT2D eigenvalue weighted by atomic mass is 79.9. The highest BCUT2D eigenvalue weighted by molar-refractivity contribution is 9.11. The summed E-state index contributed by atoms with van der Waals surface area (Å²) in [5.74, 6) is 0. The average Bonchev–Trinajstić information content (AvgIpc) is 2.94. The van der Waals surface area contributed by atoms with Gasteiger partial charge in [0.25, 0.3) is 0 Å². The summed E-state index contributed by atoms with van der Waals surface area (Å²) < 4.78 is 2.04. The Kier molecular flexibility index (Phi) is 3.64. The van der Waals surface area contributed by atoms with Gasteiger partial charge < -0.3 is 10.6 Å². The lowest BCUT2D eigenvalue weighted by molar-refractivity contribution is 0.919. The fraction of sp³-hybridized carbons (Fsp3) is 0.300. The molecule has 1 aliphatic rings. The first-order valence-corrected chi connectivity index (χ1v) is 6.67. The second kappa shape index (κ2) is 4.80. The van der Waals surface area contributed by atoms with Gasteiger partial charge in [0, 0.05) is 15.0 Å². The Morgan fingerprint density at radius 2 is 2.07 bits per heavy atom. The van der Waals surface area contributed by atoms with Crippen LogP contribution in [-0.2, 0) is 0 Å². The molecule has 0 radical (unpaired) electrons. The molecule has 1 aliphatic carbocycles. The summed E-state index contributed by atoms with van der Waals surface area (Å²) in [6, 6.07) is 6.53. The fourth-order valence-corrected chi connectivity index (χ4v) is 2.59. The van der Waals surface area contributed by atoms with Crippen LogP contribution in [0.4, 0.5) is 5.69 Å². The first kappa shape index (κ1) is 11.4. The van der Waals surface area contributed by atoms with E-state index in [2.05, 4.69) is 42.5 Å². The van der Waals surface area contributed by atoms with Gasteiger partial charge in [-0.3, -0.25) is 0 Å². The molecule has 80 valence electrons. The van der Waals surface area contributed by atoms with Crippen molar-refractivity contribution >= 4 is 54.9 Å². The summed E-state index contributed by atoms with van der Waals surface area (Å²) in [6.45, 7) is 0. The van der Waals surface area contributed by atoms with E-state index < -0.39 is 0 Å². The predicted molar refractivity (Wildman–Crippen MR) is 74.2 cm³/mol. The SMILES string of the molecule is S=C(Nc1ccc(Br)cc1Br)NC1CC1. The zero-order chi connectivity index (χ0) is 10.8. The molecule has 15 heavy (non-hydrogen) atoms. The molecule has 1 saturated carbocycles. The summed E-state index contributed by atoms with van der Waals surface area (Å²) in [5, 5.41) is 7.09. The van der Waals surface area contributed by atoms with Gasteiger partial charge in [-0.05, 0) is 59.2 Å². The van der Waals surface area contributed by atoms with E-state index in [0.717, 1.165) is 14.6 Å². The Labute approximate surface area is 111 Å². The van der Waals surface area contributed by atoms with Crippen LogP contribution in [0.15, 0.2) is 27.1 Å². The van der Waals surface area contributed by atoms with Crippen LogP contribution in [-0.4, -0.2) is 11.2 Å². The summed E-state index contributed by atoms with van der Waals surface area (Å²) in [6.07, 6.45) is 2.45. The van der Waals surface area contributed by atoms with Crippen molar-refractivity contribution in [3.8, 4) is 0 Å². The largest absolute Gasteiger partial charge is 0.360 e. The van der Waals surface area contributed by atoms with Crippen molar-refractivity contribution in [1.82, 2.24) is 5.32 Å². The molecule has 1 aromatic rings. The maximum atomic E-state index is 5.19. The van der Waals surface area contributed by atoms with E-state index in [9.17, 15) is 0 Å². The molecule has 0 aromatic heterocycles. The van der Waals surface area contributed by atoms with Crippen molar-refractivity contribution in [2.24, 2.45) is 0 Å². The second-order valence-corrected chi connectivity index (χ2v) is 5.68. The number of halogens is 2. The van der Waals surface area contributed by atoms with Gasteiger partial charge in [0.1, 0.15) is 0 Å². The Hall–Kier alpha value is -0.130. The molecule has 5 heteroatoms. The second-order valence-electron chi connectivity index (χ2n) is 3.50. The maximum absolute atomic E-state index is 5.19. The molecule has 0 atom stereocenters. The third-order valence-corrected chi connectivity index (χ3v) is 3.46. The first-order valence-electron chi connectivity index (χ1n) is 4.68. The lowest BCUT2D eigenvalue weighted by atomic mass is 10.3. The van der Waals surface area contributed by atoms with Crippen LogP contribution >= 0.6 is 44.1 Å². The van der Waals surface area contributed by atoms with E-state index in [1.807, 2.05) is 18.2 Å². The minimum atomic E-state index is 0.583. The van der Waals surface area contributed by atoms with E-state index in [1.54, 1.807) is 0 Å². The van der Waals surface area contributed by atoms with E-state index >= 15 is 0 Å². The number of benzene rings is 1. The molecule has 0 aliphatic heterocycles. The Balaban J connectivity index is 1.99. The van der Waals surface area contributed by atoms with E-state index in [1.165, 1.54) is 12.8 Å². The quantitative estimate of drug-likeness (QED) is 0.797. The van der Waals surface area contributed by atoms with Gasteiger partial charge in [0.15, 0.2) is 5.11 Å². The van der Waals surface area contributed by atoms with Crippen LogP contribution < -0.4 is 10.6 Å². The Bertz CT molecular complexity index is 391. The number of anilines is 1. The molecule has 0 heterocycles. The lowest BCUT2D eigenvalue weighted by Gasteiger charge is -2.11. The van der Waals surface area contributed by atoms with Crippen molar-refractivity contribution < 1.29 is 0 Å². The van der Waals surface area contributed by atoms with Crippen LogP contribution in [0.2, 0.25) is 0 Å². The summed E-state index contributed by atoms with van der Waals surface area (Å²) in [4.78, 5) is 0. The van der Waals surface area contributed by atoms with E-state index in [-0.39, 0.29) is 0 Å². The fourth-order valence-electron chi connectivity index (χ4n) is 1.16. The minimum absolute atomic E-state index is 0.583. The van der Waals surface area contributed by atoms with Crippen LogP contribution in [0.3, 0.4) is 0 Å². The third-order valence-electron chi connectivity index (χ3n) is 2.09. The van der Waals surface area contributed by atoms with Gasteiger partial charge in [-0.15, -0.1) is 0 Å². The molecule has 2 nitrogen and oxygen atoms in total. The van der Waals surface area contributed by atoms with Crippen LogP contribution in [0, 0.1) is 0 Å². The minimum Gasteiger partial charge on any atom is -0.360 e. The smallest absolute Gasteiger partial charge is 0.171 e. The third kappa shape index (κ3) is 3.43. The van der Waals surface area contributed by atoms with E-state index in [0.29, 0.717) is 11.2 Å². The molecule has 0 bridgehead atoms. The normalized spacial score (nSPS) is 14.8. The molecule has 0 amide bonds. The number of hydrogen-bond acceptors (Lipinski definition) is 1. The molecule has 2 rings (SSSR count). The summed E-state index contributed by atoms with van der Waals surface area (Å²) >= 11 is 12.1. The van der Waals surface area contributed by atoms with Gasteiger partial charge in [0.05, 0.1) is 5.69 Å². The highest BCUT2D eigenvalue weighted by Crippen LogP contribution is 2.26. The van der Waals surface area contributed by atoms with Gasteiger partial charge in [-0.25, -0.2) is 0 Å². The predicted octanol–water partition coefficient (Wildman–Crippen LogP) is 3.66. The van der Waals surface area contributed by atoms with Crippen LogP contribution in [0.5, 0.6) is 0 Å². The number of nitrogens with one attached hydrogen (secondary N) is 2. The van der Waals surface area contributed by atoms with Crippen molar-refractivity contribution in [2.45, 2.75) is 18.9 Å². The highest BCUT2D eigenvalue weighted by Gasteiger charge is 2.21.